The lowest BCUT2D eigenvalue weighted by molar-refractivity contribution is 0.591. The molecule has 0 aromatic heterocycles. The first kappa shape index (κ1) is 13.6. The smallest absolute Gasteiger partial charge is 0.00772 e. The van der Waals surface area contributed by atoms with Crippen LogP contribution >= 0.6 is 0 Å². The van der Waals surface area contributed by atoms with Gasteiger partial charge in [0.25, 0.3) is 0 Å². The lowest BCUT2D eigenvalue weighted by Crippen LogP contribution is -2.00. The third kappa shape index (κ3) is 4.13. The van der Waals surface area contributed by atoms with Crippen LogP contribution in [0.15, 0.2) is 24.3 Å². The van der Waals surface area contributed by atoms with Gasteiger partial charge >= 0.3 is 0 Å². The minimum absolute atomic E-state index is 0.821. The first-order valence-corrected chi connectivity index (χ1v) is 7.69. The number of aryl methyl sites for hydroxylation is 1. The van der Waals surface area contributed by atoms with Crippen LogP contribution in [0.4, 0.5) is 0 Å². The second kappa shape index (κ2) is 7.58. The summed E-state index contributed by atoms with van der Waals surface area (Å²) in [6.07, 6.45) is 12.1. The van der Waals surface area contributed by atoms with Gasteiger partial charge in [-0.1, -0.05) is 49.9 Å². The van der Waals surface area contributed by atoms with E-state index in [1.54, 1.807) is 5.56 Å². The zero-order valence-electron chi connectivity index (χ0n) is 11.5. The van der Waals surface area contributed by atoms with Gasteiger partial charge in [0.15, 0.2) is 0 Å². The van der Waals surface area contributed by atoms with Crippen LogP contribution in [-0.2, 0) is 6.42 Å². The van der Waals surface area contributed by atoms with Gasteiger partial charge in [0, 0.05) is 0 Å². The molecule has 1 aromatic rings. The van der Waals surface area contributed by atoms with Gasteiger partial charge in [-0.2, -0.15) is 0 Å². The predicted molar refractivity (Wildman–Crippen MR) is 78.9 cm³/mol. The van der Waals surface area contributed by atoms with Crippen LogP contribution in [0, 0.1) is 0 Å². The van der Waals surface area contributed by atoms with Crippen LogP contribution < -0.4 is 5.73 Å². The van der Waals surface area contributed by atoms with Crippen LogP contribution in [0.5, 0.6) is 0 Å². The SMILES string of the molecule is NCCCCc1cccc(C2CCCCCC2)c1. The highest BCUT2D eigenvalue weighted by molar-refractivity contribution is 5.26. The monoisotopic (exact) mass is 245 g/mol. The van der Waals surface area contributed by atoms with Crippen molar-refractivity contribution in [3.63, 3.8) is 0 Å². The quantitative estimate of drug-likeness (QED) is 0.603. The summed E-state index contributed by atoms with van der Waals surface area (Å²) in [5.41, 5.74) is 8.65. The fourth-order valence-corrected chi connectivity index (χ4v) is 3.09. The molecule has 1 aromatic carbocycles. The summed E-state index contributed by atoms with van der Waals surface area (Å²) < 4.78 is 0. The molecule has 0 radical (unpaired) electrons. The molecule has 2 N–H and O–H groups in total. The van der Waals surface area contributed by atoms with Gasteiger partial charge in [0.05, 0.1) is 0 Å². The van der Waals surface area contributed by atoms with E-state index in [2.05, 4.69) is 24.3 Å². The Kier molecular flexibility index (Phi) is 5.73. The van der Waals surface area contributed by atoms with Crippen LogP contribution in [0.2, 0.25) is 0 Å². The van der Waals surface area contributed by atoms with Crippen molar-refractivity contribution >= 4 is 0 Å². The van der Waals surface area contributed by atoms with E-state index in [1.165, 1.54) is 56.9 Å². The molecule has 100 valence electrons. The van der Waals surface area contributed by atoms with Crippen LogP contribution in [0.25, 0.3) is 0 Å². The zero-order chi connectivity index (χ0) is 12.6. The Morgan fingerprint density at radius 2 is 1.78 bits per heavy atom. The summed E-state index contributed by atoms with van der Waals surface area (Å²) >= 11 is 0. The minimum Gasteiger partial charge on any atom is -0.330 e. The van der Waals surface area contributed by atoms with Crippen LogP contribution in [-0.4, -0.2) is 6.54 Å². The highest BCUT2D eigenvalue weighted by atomic mass is 14.5. The molecule has 1 saturated carbocycles. The molecule has 0 saturated heterocycles. The maximum absolute atomic E-state index is 5.56. The topological polar surface area (TPSA) is 26.0 Å². The van der Waals surface area contributed by atoms with Gasteiger partial charge in [0.1, 0.15) is 0 Å². The van der Waals surface area contributed by atoms with Crippen molar-refractivity contribution in [3.05, 3.63) is 35.4 Å². The van der Waals surface area contributed by atoms with Crippen molar-refractivity contribution in [2.75, 3.05) is 6.54 Å². The number of hydrogen-bond donors (Lipinski definition) is 1. The zero-order valence-corrected chi connectivity index (χ0v) is 11.5. The molecule has 0 bridgehead atoms. The summed E-state index contributed by atoms with van der Waals surface area (Å²) in [4.78, 5) is 0. The summed E-state index contributed by atoms with van der Waals surface area (Å²) in [6, 6.07) is 9.31. The van der Waals surface area contributed by atoms with Crippen LogP contribution in [0.3, 0.4) is 0 Å². The molecule has 2 rings (SSSR count). The minimum atomic E-state index is 0.821. The molecule has 0 heterocycles. The lowest BCUT2D eigenvalue weighted by Gasteiger charge is -2.15. The number of unbranched alkanes of at least 4 members (excludes halogenated alkanes) is 1. The summed E-state index contributed by atoms with van der Waals surface area (Å²) in [7, 11) is 0. The van der Waals surface area contributed by atoms with E-state index in [9.17, 15) is 0 Å². The second-order valence-electron chi connectivity index (χ2n) is 5.68. The molecule has 0 atom stereocenters. The Morgan fingerprint density at radius 1 is 1.00 bits per heavy atom. The fraction of sp³-hybridized carbons (Fsp3) is 0.647. The summed E-state index contributed by atoms with van der Waals surface area (Å²) in [5, 5.41) is 0. The van der Waals surface area contributed by atoms with E-state index in [0.717, 1.165) is 18.9 Å². The number of rotatable bonds is 5. The van der Waals surface area contributed by atoms with E-state index in [1.807, 2.05) is 0 Å². The third-order valence-electron chi connectivity index (χ3n) is 4.20. The summed E-state index contributed by atoms with van der Waals surface area (Å²) in [5.74, 6) is 0.821. The molecule has 1 nitrogen and oxygen atoms in total. The van der Waals surface area contributed by atoms with Gasteiger partial charge in [-0.3, -0.25) is 0 Å². The molecule has 0 unspecified atom stereocenters. The van der Waals surface area contributed by atoms with Crippen molar-refractivity contribution in [1.82, 2.24) is 0 Å². The first-order valence-electron chi connectivity index (χ1n) is 7.69. The van der Waals surface area contributed by atoms with E-state index in [-0.39, 0.29) is 0 Å². The molecule has 0 aliphatic heterocycles. The van der Waals surface area contributed by atoms with Gasteiger partial charge in [0.2, 0.25) is 0 Å². The Morgan fingerprint density at radius 3 is 2.50 bits per heavy atom. The van der Waals surface area contributed by atoms with Gasteiger partial charge in [-0.25, -0.2) is 0 Å². The Labute approximate surface area is 112 Å². The molecular weight excluding hydrogens is 218 g/mol. The van der Waals surface area contributed by atoms with Crippen molar-refractivity contribution in [2.24, 2.45) is 5.73 Å². The molecule has 1 aliphatic carbocycles. The van der Waals surface area contributed by atoms with Crippen molar-refractivity contribution < 1.29 is 0 Å². The van der Waals surface area contributed by atoms with Gasteiger partial charge in [-0.15, -0.1) is 0 Å². The van der Waals surface area contributed by atoms with E-state index in [4.69, 9.17) is 5.73 Å². The van der Waals surface area contributed by atoms with E-state index >= 15 is 0 Å². The Hall–Kier alpha value is -0.820. The lowest BCUT2D eigenvalue weighted by atomic mass is 9.90. The van der Waals surface area contributed by atoms with Crippen molar-refractivity contribution in [3.8, 4) is 0 Å². The van der Waals surface area contributed by atoms with E-state index < -0.39 is 0 Å². The predicted octanol–water partition coefficient (Wildman–Crippen LogP) is 4.41. The number of nitrogens with two attached hydrogens (primary N) is 1. The highest BCUT2D eigenvalue weighted by Crippen LogP contribution is 2.31. The van der Waals surface area contributed by atoms with Crippen LogP contribution in [0.1, 0.15) is 68.4 Å². The maximum atomic E-state index is 5.56. The maximum Gasteiger partial charge on any atom is -0.00772 e. The molecule has 0 spiro atoms. The number of hydrogen-bond acceptors (Lipinski definition) is 1. The fourth-order valence-electron chi connectivity index (χ4n) is 3.09. The van der Waals surface area contributed by atoms with Crippen molar-refractivity contribution in [1.29, 1.82) is 0 Å². The first-order chi connectivity index (χ1) is 8.90. The average Bonchev–Trinajstić information content (AvgIpc) is 2.68. The molecule has 1 aliphatic rings. The molecular formula is C17H27N. The standard InChI is InChI=1S/C17H27N/c18-13-6-5-8-15-9-7-12-17(14-15)16-10-3-1-2-4-11-16/h7,9,12,14,16H,1-6,8,10-11,13,18H2. The Bertz CT molecular complexity index is 337. The van der Waals surface area contributed by atoms with Crippen molar-refractivity contribution in [2.45, 2.75) is 63.7 Å². The molecule has 18 heavy (non-hydrogen) atoms. The largest absolute Gasteiger partial charge is 0.330 e. The third-order valence-corrected chi connectivity index (χ3v) is 4.20. The van der Waals surface area contributed by atoms with Gasteiger partial charge < -0.3 is 5.73 Å². The number of benzene rings is 1. The second-order valence-corrected chi connectivity index (χ2v) is 5.68. The van der Waals surface area contributed by atoms with Gasteiger partial charge in [-0.05, 0) is 55.7 Å². The normalized spacial score (nSPS) is 17.6. The molecule has 1 heteroatoms. The average molecular weight is 245 g/mol. The Balaban J connectivity index is 1.96. The van der Waals surface area contributed by atoms with E-state index in [0.29, 0.717) is 0 Å². The molecule has 0 amide bonds. The highest BCUT2D eigenvalue weighted by Gasteiger charge is 2.14. The molecule has 1 fully saturated rings. The summed E-state index contributed by atoms with van der Waals surface area (Å²) in [6.45, 7) is 0.822.